The summed E-state index contributed by atoms with van der Waals surface area (Å²) in [5.41, 5.74) is 4.90. The topological polar surface area (TPSA) is 102 Å². The Kier molecular flexibility index (Phi) is 7.65. The van der Waals surface area contributed by atoms with Crippen molar-refractivity contribution >= 4 is 55.1 Å². The first-order valence-corrected chi connectivity index (χ1v) is 14.6. The number of halogens is 1. The number of benzene rings is 4. The maximum Gasteiger partial charge on any atom is 0.137 e. The van der Waals surface area contributed by atoms with Crippen LogP contribution in [0.15, 0.2) is 119 Å². The summed E-state index contributed by atoms with van der Waals surface area (Å²) in [6.07, 6.45) is 7.10. The lowest BCUT2D eigenvalue weighted by molar-refractivity contribution is 0.274. The molecule has 8 rings (SSSR count). The average Bonchev–Trinajstić information content (AvgIpc) is 3.71. The van der Waals surface area contributed by atoms with Gasteiger partial charge in [-0.3, -0.25) is 9.97 Å². The Bertz CT molecular complexity index is 2260. The number of aliphatic hydroxyl groups excluding tert-OH is 2. The van der Waals surface area contributed by atoms with Crippen LogP contribution in [0.1, 0.15) is 11.1 Å². The van der Waals surface area contributed by atoms with Gasteiger partial charge in [0.05, 0.1) is 20.3 Å². The minimum atomic E-state index is -0.101. The van der Waals surface area contributed by atoms with Crippen molar-refractivity contribution in [2.24, 2.45) is 0 Å². The van der Waals surface area contributed by atoms with Crippen molar-refractivity contribution in [2.75, 3.05) is 7.11 Å². The molecule has 0 aliphatic rings. The van der Waals surface area contributed by atoms with Gasteiger partial charge in [0.2, 0.25) is 0 Å². The van der Waals surface area contributed by atoms with E-state index in [0.717, 1.165) is 71.7 Å². The van der Waals surface area contributed by atoms with Crippen LogP contribution in [-0.2, 0) is 13.2 Å². The van der Waals surface area contributed by atoms with E-state index in [1.165, 1.54) is 0 Å². The van der Waals surface area contributed by atoms with E-state index in [-0.39, 0.29) is 13.2 Å². The van der Waals surface area contributed by atoms with Crippen molar-refractivity contribution in [2.45, 2.75) is 13.2 Å². The molecule has 8 aromatic rings. The molecule has 0 fully saturated rings. The quantitative estimate of drug-likeness (QED) is 0.199. The fraction of sp³-hybridized carbons (Fsp3) is 0.0811. The summed E-state index contributed by atoms with van der Waals surface area (Å²) in [5.74, 6) is 2.17. The van der Waals surface area contributed by atoms with Gasteiger partial charge < -0.3 is 23.8 Å². The van der Waals surface area contributed by atoms with E-state index in [4.69, 9.17) is 25.2 Å². The van der Waals surface area contributed by atoms with Crippen molar-refractivity contribution in [3.05, 3.63) is 126 Å². The van der Waals surface area contributed by atoms with Gasteiger partial charge in [0.1, 0.15) is 28.4 Å². The fourth-order valence-electron chi connectivity index (χ4n) is 5.53. The summed E-state index contributed by atoms with van der Waals surface area (Å²) in [5, 5.41) is 25.4. The van der Waals surface area contributed by atoms with E-state index < -0.39 is 0 Å². The number of methoxy groups -OCH3 is 1. The number of rotatable bonds is 5. The molecule has 0 aliphatic carbocycles. The lowest BCUT2D eigenvalue weighted by atomic mass is 10.0. The summed E-state index contributed by atoms with van der Waals surface area (Å²) >= 11 is 6.15. The Morgan fingerprint density at radius 2 is 1.13 bits per heavy atom. The molecule has 4 aromatic carbocycles. The highest BCUT2D eigenvalue weighted by Crippen LogP contribution is 2.36. The van der Waals surface area contributed by atoms with Crippen molar-refractivity contribution in [1.82, 2.24) is 9.97 Å². The normalized spacial score (nSPS) is 11.3. The molecule has 4 heterocycles. The third-order valence-electron chi connectivity index (χ3n) is 7.81. The van der Waals surface area contributed by atoms with Crippen LogP contribution in [0.25, 0.3) is 66.1 Å². The maximum absolute atomic E-state index is 9.57. The van der Waals surface area contributed by atoms with Gasteiger partial charge in [-0.05, 0) is 64.9 Å². The van der Waals surface area contributed by atoms with Gasteiger partial charge in [-0.15, -0.1) is 0 Å². The van der Waals surface area contributed by atoms with Crippen LogP contribution in [0.2, 0.25) is 5.02 Å². The molecule has 2 N–H and O–H groups in total. The Morgan fingerprint density at radius 1 is 0.622 bits per heavy atom. The smallest absolute Gasteiger partial charge is 0.137 e. The van der Waals surface area contributed by atoms with Gasteiger partial charge >= 0.3 is 0 Å². The van der Waals surface area contributed by atoms with Crippen LogP contribution in [0.3, 0.4) is 0 Å². The first-order chi connectivity index (χ1) is 22.1. The number of hydrogen-bond acceptors (Lipinski definition) is 7. The molecule has 0 atom stereocenters. The summed E-state index contributed by atoms with van der Waals surface area (Å²) in [7, 11) is 1.59. The monoisotopic (exact) mass is 614 g/mol. The molecule has 0 spiro atoms. The second-order valence-corrected chi connectivity index (χ2v) is 10.9. The molecule has 0 unspecified atom stereocenters. The van der Waals surface area contributed by atoms with E-state index in [0.29, 0.717) is 16.3 Å². The highest BCUT2D eigenvalue weighted by Gasteiger charge is 2.14. The molecule has 0 amide bonds. The second kappa shape index (κ2) is 12.1. The van der Waals surface area contributed by atoms with Crippen molar-refractivity contribution in [1.29, 1.82) is 0 Å². The number of ether oxygens (including phenoxy) is 1. The molecule has 0 saturated heterocycles. The minimum Gasteiger partial charge on any atom is -0.496 e. The highest BCUT2D eigenvalue weighted by molar-refractivity contribution is 6.32. The van der Waals surface area contributed by atoms with Gasteiger partial charge in [-0.25, -0.2) is 0 Å². The van der Waals surface area contributed by atoms with Gasteiger partial charge in [0.25, 0.3) is 0 Å². The second-order valence-electron chi connectivity index (χ2n) is 10.5. The van der Waals surface area contributed by atoms with Gasteiger partial charge in [-0.1, -0.05) is 48.0 Å². The lowest BCUT2D eigenvalue weighted by Crippen LogP contribution is -1.93. The zero-order chi connectivity index (χ0) is 30.9. The Morgan fingerprint density at radius 3 is 1.64 bits per heavy atom. The first-order valence-electron chi connectivity index (χ1n) is 14.3. The van der Waals surface area contributed by atoms with E-state index in [1.807, 2.05) is 84.9 Å². The van der Waals surface area contributed by atoms with E-state index >= 15 is 0 Å². The van der Waals surface area contributed by atoms with Crippen LogP contribution in [0.4, 0.5) is 0 Å². The third-order valence-corrected chi connectivity index (χ3v) is 8.16. The van der Waals surface area contributed by atoms with Crippen LogP contribution in [-0.4, -0.2) is 27.3 Å². The number of aliphatic hydroxyl groups is 2. The van der Waals surface area contributed by atoms with Gasteiger partial charge in [-0.2, -0.15) is 0 Å². The largest absolute Gasteiger partial charge is 0.496 e. The summed E-state index contributed by atoms with van der Waals surface area (Å²) in [4.78, 5) is 8.59. The number of fused-ring (bicyclic) bond motifs is 4. The third kappa shape index (κ3) is 5.38. The van der Waals surface area contributed by atoms with Gasteiger partial charge in [0, 0.05) is 68.0 Å². The van der Waals surface area contributed by atoms with Gasteiger partial charge in [0.15, 0.2) is 0 Å². The molecule has 0 bridgehead atoms. The molecule has 0 radical (unpaired) electrons. The average molecular weight is 615 g/mol. The Hall–Kier alpha value is -5.21. The number of pyridine rings is 2. The van der Waals surface area contributed by atoms with Crippen LogP contribution < -0.4 is 4.74 Å². The molecule has 45 heavy (non-hydrogen) atoms. The molecule has 222 valence electrons. The molecule has 0 aliphatic heterocycles. The number of aromatic nitrogens is 2. The van der Waals surface area contributed by atoms with Crippen LogP contribution >= 0.6 is 11.6 Å². The Labute approximate surface area is 262 Å². The van der Waals surface area contributed by atoms with Crippen LogP contribution in [0.5, 0.6) is 5.75 Å². The molecular formula is C37H27ClN2O5. The fourth-order valence-corrected chi connectivity index (χ4v) is 5.77. The summed E-state index contributed by atoms with van der Waals surface area (Å²) in [6.45, 7) is -0.183. The Balaban J connectivity index is 0.000000145. The first kappa shape index (κ1) is 28.6. The van der Waals surface area contributed by atoms with Crippen molar-refractivity contribution in [3.8, 4) is 28.4 Å². The molecule has 7 nitrogen and oxygen atoms in total. The minimum absolute atomic E-state index is 0.0823. The van der Waals surface area contributed by atoms with Crippen LogP contribution in [0, 0.1) is 0 Å². The predicted molar refractivity (Wildman–Crippen MR) is 177 cm³/mol. The molecular weight excluding hydrogens is 588 g/mol. The van der Waals surface area contributed by atoms with Crippen molar-refractivity contribution < 1.29 is 23.8 Å². The maximum atomic E-state index is 9.57. The van der Waals surface area contributed by atoms with E-state index in [2.05, 4.69) is 9.97 Å². The van der Waals surface area contributed by atoms with E-state index in [1.54, 1.807) is 31.9 Å². The lowest BCUT2D eigenvalue weighted by Gasteiger charge is -2.10. The predicted octanol–water partition coefficient (Wildman–Crippen LogP) is 8.94. The summed E-state index contributed by atoms with van der Waals surface area (Å²) < 4.78 is 17.2. The summed E-state index contributed by atoms with van der Waals surface area (Å²) in [6, 6.07) is 27.3. The zero-order valence-electron chi connectivity index (χ0n) is 24.2. The number of hydrogen-bond donors (Lipinski definition) is 2. The highest BCUT2D eigenvalue weighted by atomic mass is 35.5. The van der Waals surface area contributed by atoms with E-state index in [9.17, 15) is 10.2 Å². The molecule has 4 aromatic heterocycles. The standard InChI is InChI=1S/C19H15NO3.C18H12ClNO2/c1-22-18-8-13-9-20-10-16(15(13)6-14(18)11-21)19-7-12-4-2-3-5-17(12)23-19;19-16-6-12-8-20-9-15(14(12)5-13(16)10-21)18-7-11-3-1-2-4-17(11)22-18/h2-10,21H,11H2,1H3;1-9,21H,10H2. The van der Waals surface area contributed by atoms with Crippen molar-refractivity contribution in [3.63, 3.8) is 0 Å². The zero-order valence-corrected chi connectivity index (χ0v) is 25.0. The molecule has 8 heteroatoms. The number of nitrogens with zero attached hydrogens (tertiary/aromatic N) is 2. The SMILES string of the molecule is COc1cc2cncc(-c3cc4ccccc4o3)c2cc1CO.OCc1cc2c(-c3cc4ccccc4o3)cncc2cc1Cl. The number of furan rings is 2. The number of para-hydroxylation sites is 2. The molecule has 0 saturated carbocycles.